The Balaban J connectivity index is 1.35. The van der Waals surface area contributed by atoms with Crippen molar-refractivity contribution in [3.63, 3.8) is 0 Å². The van der Waals surface area contributed by atoms with Gasteiger partial charge in [-0.3, -0.25) is 4.79 Å². The standard InChI is InChI=1S/C21H22O3/c22-20(23)19-14-21(19)11-10-16-13-17(8-9-18(16)21)24-12-4-7-15-5-2-1-3-6-15/h1-3,5-6,8-9,13,19H,4,7,10-12,14H2,(H,22,23)/t19-,21-/m0/s1. The van der Waals surface area contributed by atoms with Crippen molar-refractivity contribution in [2.24, 2.45) is 5.92 Å². The number of aryl methyl sites for hydroxylation is 2. The minimum atomic E-state index is -0.649. The fraction of sp³-hybridized carbons (Fsp3) is 0.381. The van der Waals surface area contributed by atoms with Crippen LogP contribution in [0.1, 0.15) is 36.0 Å². The SMILES string of the molecule is O=C(O)[C@@H]1C[C@]12CCc1cc(OCCCc3ccccc3)ccc12. The maximum Gasteiger partial charge on any atom is 0.307 e. The molecular formula is C21H22O3. The zero-order valence-electron chi connectivity index (χ0n) is 13.7. The normalized spacial score (nSPS) is 23.9. The van der Waals surface area contributed by atoms with E-state index in [1.54, 1.807) is 0 Å². The van der Waals surface area contributed by atoms with E-state index in [-0.39, 0.29) is 11.3 Å². The van der Waals surface area contributed by atoms with Gasteiger partial charge < -0.3 is 9.84 Å². The van der Waals surface area contributed by atoms with Gasteiger partial charge in [0.25, 0.3) is 0 Å². The molecule has 0 bridgehead atoms. The summed E-state index contributed by atoms with van der Waals surface area (Å²) in [6, 6.07) is 16.7. The summed E-state index contributed by atoms with van der Waals surface area (Å²) in [5.74, 6) is 0.0758. The molecule has 1 spiro atoms. The first-order valence-electron chi connectivity index (χ1n) is 8.72. The molecule has 2 aliphatic rings. The van der Waals surface area contributed by atoms with Gasteiger partial charge in [-0.25, -0.2) is 0 Å². The molecule has 0 unspecified atom stereocenters. The highest BCUT2D eigenvalue weighted by Gasteiger charge is 2.61. The van der Waals surface area contributed by atoms with Crippen LogP contribution in [0.2, 0.25) is 0 Å². The molecular weight excluding hydrogens is 300 g/mol. The van der Waals surface area contributed by atoms with E-state index in [4.69, 9.17) is 4.74 Å². The Morgan fingerprint density at radius 3 is 2.79 bits per heavy atom. The molecule has 1 fully saturated rings. The van der Waals surface area contributed by atoms with Gasteiger partial charge in [0.05, 0.1) is 12.5 Å². The molecule has 1 N–H and O–H groups in total. The Kier molecular flexibility index (Phi) is 3.79. The molecule has 0 radical (unpaired) electrons. The third kappa shape index (κ3) is 2.68. The second-order valence-electron chi connectivity index (χ2n) is 7.01. The van der Waals surface area contributed by atoms with Gasteiger partial charge in [0.15, 0.2) is 0 Å². The number of carbonyl (C=O) groups is 1. The van der Waals surface area contributed by atoms with E-state index in [1.165, 1.54) is 16.7 Å². The van der Waals surface area contributed by atoms with Gasteiger partial charge in [0, 0.05) is 5.41 Å². The third-order valence-corrected chi connectivity index (χ3v) is 5.55. The molecule has 3 heteroatoms. The second-order valence-corrected chi connectivity index (χ2v) is 7.01. The van der Waals surface area contributed by atoms with Gasteiger partial charge in [-0.15, -0.1) is 0 Å². The van der Waals surface area contributed by atoms with E-state index in [0.717, 1.165) is 37.9 Å². The smallest absolute Gasteiger partial charge is 0.307 e. The third-order valence-electron chi connectivity index (χ3n) is 5.55. The lowest BCUT2D eigenvalue weighted by atomic mass is 9.95. The summed E-state index contributed by atoms with van der Waals surface area (Å²) in [7, 11) is 0. The molecule has 4 rings (SSSR count). The summed E-state index contributed by atoms with van der Waals surface area (Å²) in [4.78, 5) is 11.3. The summed E-state index contributed by atoms with van der Waals surface area (Å²) in [6.07, 6.45) is 4.75. The average molecular weight is 322 g/mol. The van der Waals surface area contributed by atoms with Crippen molar-refractivity contribution in [3.8, 4) is 5.75 Å². The predicted molar refractivity (Wildman–Crippen MR) is 92.4 cm³/mol. The van der Waals surface area contributed by atoms with Gasteiger partial charge in [0.1, 0.15) is 5.75 Å². The van der Waals surface area contributed by atoms with E-state index >= 15 is 0 Å². The largest absolute Gasteiger partial charge is 0.494 e. The number of carboxylic acid groups (broad SMARTS) is 1. The lowest BCUT2D eigenvalue weighted by molar-refractivity contribution is -0.139. The number of hydrogen-bond acceptors (Lipinski definition) is 2. The zero-order chi connectivity index (χ0) is 16.6. The predicted octanol–water partition coefficient (Wildman–Crippen LogP) is 3.99. The lowest BCUT2D eigenvalue weighted by Gasteiger charge is -2.12. The van der Waals surface area contributed by atoms with E-state index in [1.807, 2.05) is 12.1 Å². The van der Waals surface area contributed by atoms with Crippen LogP contribution in [-0.4, -0.2) is 17.7 Å². The highest BCUT2D eigenvalue weighted by atomic mass is 16.5. The number of hydrogen-bond donors (Lipinski definition) is 1. The molecule has 0 amide bonds. The van der Waals surface area contributed by atoms with Crippen LogP contribution in [0.25, 0.3) is 0 Å². The Hall–Kier alpha value is -2.29. The fourth-order valence-corrected chi connectivity index (χ4v) is 4.16. The van der Waals surface area contributed by atoms with Crippen molar-refractivity contribution in [1.82, 2.24) is 0 Å². The topological polar surface area (TPSA) is 46.5 Å². The number of fused-ring (bicyclic) bond motifs is 2. The molecule has 2 aromatic rings. The molecule has 0 heterocycles. The minimum absolute atomic E-state index is 0.0764. The summed E-state index contributed by atoms with van der Waals surface area (Å²) < 4.78 is 5.90. The number of ether oxygens (including phenoxy) is 1. The van der Waals surface area contributed by atoms with E-state index in [9.17, 15) is 9.90 Å². The van der Waals surface area contributed by atoms with Crippen molar-refractivity contribution in [2.45, 2.75) is 37.5 Å². The molecule has 0 aliphatic heterocycles. The maximum atomic E-state index is 11.3. The first-order chi connectivity index (χ1) is 11.7. The van der Waals surface area contributed by atoms with Gasteiger partial charge in [-0.05, 0) is 60.9 Å². The molecule has 1 saturated carbocycles. The Labute approximate surface area is 142 Å². The molecule has 2 aromatic carbocycles. The van der Waals surface area contributed by atoms with Crippen LogP contribution in [-0.2, 0) is 23.1 Å². The van der Waals surface area contributed by atoms with Crippen molar-refractivity contribution in [1.29, 1.82) is 0 Å². The van der Waals surface area contributed by atoms with Crippen LogP contribution in [0.5, 0.6) is 5.75 Å². The van der Waals surface area contributed by atoms with Crippen molar-refractivity contribution in [2.75, 3.05) is 6.61 Å². The molecule has 0 saturated heterocycles. The van der Waals surface area contributed by atoms with Crippen LogP contribution in [0.4, 0.5) is 0 Å². The van der Waals surface area contributed by atoms with Gasteiger partial charge in [-0.1, -0.05) is 36.4 Å². The summed E-state index contributed by atoms with van der Waals surface area (Å²) in [5, 5.41) is 9.27. The number of aliphatic carboxylic acids is 1. The van der Waals surface area contributed by atoms with Crippen molar-refractivity contribution in [3.05, 3.63) is 65.2 Å². The van der Waals surface area contributed by atoms with Crippen LogP contribution in [0, 0.1) is 5.92 Å². The van der Waals surface area contributed by atoms with Crippen LogP contribution in [0.3, 0.4) is 0 Å². The first-order valence-corrected chi connectivity index (χ1v) is 8.72. The van der Waals surface area contributed by atoms with Gasteiger partial charge in [0.2, 0.25) is 0 Å². The Morgan fingerprint density at radius 2 is 2.04 bits per heavy atom. The molecule has 24 heavy (non-hydrogen) atoms. The quantitative estimate of drug-likeness (QED) is 0.818. The highest BCUT2D eigenvalue weighted by Crippen LogP contribution is 2.61. The number of rotatable bonds is 6. The van der Waals surface area contributed by atoms with Crippen molar-refractivity contribution < 1.29 is 14.6 Å². The summed E-state index contributed by atoms with van der Waals surface area (Å²) in [5.41, 5.74) is 3.78. The Morgan fingerprint density at radius 1 is 1.21 bits per heavy atom. The molecule has 3 nitrogen and oxygen atoms in total. The molecule has 0 aromatic heterocycles. The number of benzene rings is 2. The summed E-state index contributed by atoms with van der Waals surface area (Å²) >= 11 is 0. The lowest BCUT2D eigenvalue weighted by Crippen LogP contribution is -2.11. The zero-order valence-corrected chi connectivity index (χ0v) is 13.7. The Bertz CT molecular complexity index is 753. The van der Waals surface area contributed by atoms with Crippen LogP contribution < -0.4 is 4.74 Å². The highest BCUT2D eigenvalue weighted by molar-refractivity contribution is 5.78. The second kappa shape index (κ2) is 5.97. The van der Waals surface area contributed by atoms with Crippen LogP contribution in [0.15, 0.2) is 48.5 Å². The van der Waals surface area contributed by atoms with Crippen LogP contribution >= 0.6 is 0 Å². The fourth-order valence-electron chi connectivity index (χ4n) is 4.16. The number of carboxylic acids is 1. The summed E-state index contributed by atoms with van der Waals surface area (Å²) in [6.45, 7) is 0.705. The molecule has 2 atom stereocenters. The van der Waals surface area contributed by atoms with Gasteiger partial charge in [-0.2, -0.15) is 0 Å². The van der Waals surface area contributed by atoms with Crippen molar-refractivity contribution >= 4 is 5.97 Å². The van der Waals surface area contributed by atoms with E-state index < -0.39 is 5.97 Å². The van der Waals surface area contributed by atoms with E-state index in [2.05, 4.69) is 36.4 Å². The molecule has 124 valence electrons. The molecule has 2 aliphatic carbocycles. The van der Waals surface area contributed by atoms with E-state index in [0.29, 0.717) is 6.61 Å². The maximum absolute atomic E-state index is 11.3. The van der Waals surface area contributed by atoms with Gasteiger partial charge >= 0.3 is 5.97 Å². The average Bonchev–Trinajstić information content (AvgIpc) is 3.23. The monoisotopic (exact) mass is 322 g/mol. The first kappa shape index (κ1) is 15.3. The minimum Gasteiger partial charge on any atom is -0.494 e.